The van der Waals surface area contributed by atoms with Crippen LogP contribution in [0.4, 0.5) is 0 Å². The van der Waals surface area contributed by atoms with E-state index in [1.807, 2.05) is 32.5 Å². The van der Waals surface area contributed by atoms with E-state index in [0.29, 0.717) is 12.3 Å². The fourth-order valence-electron chi connectivity index (χ4n) is 2.52. The van der Waals surface area contributed by atoms with Crippen molar-refractivity contribution in [2.45, 2.75) is 40.0 Å². The zero-order valence-corrected chi connectivity index (χ0v) is 11.7. The van der Waals surface area contributed by atoms with Gasteiger partial charge >= 0.3 is 0 Å². The van der Waals surface area contributed by atoms with Crippen LogP contribution < -0.4 is 0 Å². The van der Waals surface area contributed by atoms with Gasteiger partial charge in [0, 0.05) is 12.0 Å². The Morgan fingerprint density at radius 1 is 1.24 bits per heavy atom. The Morgan fingerprint density at radius 3 is 2.41 bits per heavy atom. The van der Waals surface area contributed by atoms with Gasteiger partial charge in [-0.05, 0) is 51.0 Å². The number of carbonyl (C=O) groups is 1. The van der Waals surface area contributed by atoms with E-state index in [4.69, 9.17) is 4.42 Å². The van der Waals surface area contributed by atoms with Gasteiger partial charge in [0.1, 0.15) is 11.5 Å². The Hall–Kier alpha value is -0.700. The van der Waals surface area contributed by atoms with Gasteiger partial charge in [-0.1, -0.05) is 0 Å². The molecule has 0 atom stereocenters. The van der Waals surface area contributed by atoms with Crippen molar-refractivity contribution in [1.29, 1.82) is 0 Å². The summed E-state index contributed by atoms with van der Waals surface area (Å²) >= 11 is 2.00. The van der Waals surface area contributed by atoms with Crippen LogP contribution in [0.1, 0.15) is 46.7 Å². The zero-order valence-electron chi connectivity index (χ0n) is 10.8. The van der Waals surface area contributed by atoms with Crippen LogP contribution >= 0.6 is 11.8 Å². The van der Waals surface area contributed by atoms with Gasteiger partial charge in [0.05, 0.1) is 5.56 Å². The van der Waals surface area contributed by atoms with Gasteiger partial charge in [-0.25, -0.2) is 0 Å². The summed E-state index contributed by atoms with van der Waals surface area (Å²) in [6.45, 7) is 5.80. The van der Waals surface area contributed by atoms with Gasteiger partial charge in [-0.15, -0.1) is 0 Å². The molecule has 1 aromatic rings. The molecule has 0 spiro atoms. The van der Waals surface area contributed by atoms with Gasteiger partial charge in [0.2, 0.25) is 0 Å². The third-order valence-corrected chi connectivity index (χ3v) is 4.70. The minimum absolute atomic E-state index is 0.272. The first-order valence-electron chi connectivity index (χ1n) is 6.27. The summed E-state index contributed by atoms with van der Waals surface area (Å²) in [7, 11) is 0. The Morgan fingerprint density at radius 2 is 1.88 bits per heavy atom. The van der Waals surface area contributed by atoms with E-state index in [0.717, 1.165) is 22.6 Å². The number of hydrogen-bond acceptors (Lipinski definition) is 3. The number of furan rings is 1. The average Bonchev–Trinajstić information content (AvgIpc) is 2.54. The number of aryl methyl sites for hydroxylation is 2. The SMILES string of the molecule is Cc1oc(C)c(C(=O)CC2CCSCC2)c1C. The summed E-state index contributed by atoms with van der Waals surface area (Å²) in [5, 5.41) is 0. The second-order valence-electron chi connectivity index (χ2n) is 4.90. The third-order valence-electron chi connectivity index (χ3n) is 3.66. The monoisotopic (exact) mass is 252 g/mol. The minimum Gasteiger partial charge on any atom is -0.466 e. The highest BCUT2D eigenvalue weighted by atomic mass is 32.2. The second kappa shape index (κ2) is 5.30. The molecular formula is C14H20O2S. The van der Waals surface area contributed by atoms with Gasteiger partial charge in [0.15, 0.2) is 5.78 Å². The van der Waals surface area contributed by atoms with Crippen molar-refractivity contribution in [3.8, 4) is 0 Å². The first-order chi connectivity index (χ1) is 8.09. The summed E-state index contributed by atoms with van der Waals surface area (Å²) in [6, 6.07) is 0. The molecule has 0 bridgehead atoms. The number of Topliss-reactive ketones (excluding diaryl/α,β-unsaturated/α-hetero) is 1. The Labute approximate surface area is 107 Å². The maximum atomic E-state index is 12.3. The predicted octanol–water partition coefficient (Wildman–Crippen LogP) is 3.92. The lowest BCUT2D eigenvalue weighted by Crippen LogP contribution is -2.15. The highest BCUT2D eigenvalue weighted by Gasteiger charge is 2.23. The summed E-state index contributed by atoms with van der Waals surface area (Å²) in [6.07, 6.45) is 3.07. The van der Waals surface area contributed by atoms with Crippen LogP contribution in [-0.2, 0) is 0 Å². The van der Waals surface area contributed by atoms with E-state index in [2.05, 4.69) is 0 Å². The Bertz CT molecular complexity index is 414. The molecule has 1 fully saturated rings. The quantitative estimate of drug-likeness (QED) is 0.764. The highest BCUT2D eigenvalue weighted by Crippen LogP contribution is 2.29. The molecule has 1 aliphatic heterocycles. The number of ketones is 1. The molecule has 0 radical (unpaired) electrons. The molecule has 1 aliphatic rings. The van der Waals surface area contributed by atoms with Crippen molar-refractivity contribution < 1.29 is 9.21 Å². The first-order valence-corrected chi connectivity index (χ1v) is 7.42. The van der Waals surface area contributed by atoms with Crippen LogP contribution in [0.25, 0.3) is 0 Å². The van der Waals surface area contributed by atoms with Crippen molar-refractivity contribution in [2.24, 2.45) is 5.92 Å². The maximum absolute atomic E-state index is 12.3. The molecule has 2 nitrogen and oxygen atoms in total. The van der Waals surface area contributed by atoms with Crippen molar-refractivity contribution in [2.75, 3.05) is 11.5 Å². The molecule has 0 aromatic carbocycles. The van der Waals surface area contributed by atoms with Gasteiger partial charge in [0.25, 0.3) is 0 Å². The summed E-state index contributed by atoms with van der Waals surface area (Å²) < 4.78 is 5.53. The Kier molecular flexibility index (Phi) is 3.97. The molecule has 0 aliphatic carbocycles. The number of hydrogen-bond donors (Lipinski definition) is 0. The van der Waals surface area contributed by atoms with Crippen molar-refractivity contribution in [3.63, 3.8) is 0 Å². The molecule has 0 amide bonds. The predicted molar refractivity (Wildman–Crippen MR) is 71.9 cm³/mol. The Balaban J connectivity index is 2.08. The van der Waals surface area contributed by atoms with Gasteiger partial charge in [-0.2, -0.15) is 11.8 Å². The molecule has 0 unspecified atom stereocenters. The fraction of sp³-hybridized carbons (Fsp3) is 0.643. The number of thioether (sulfide) groups is 1. The topological polar surface area (TPSA) is 30.2 Å². The fourth-order valence-corrected chi connectivity index (χ4v) is 3.72. The van der Waals surface area contributed by atoms with E-state index in [-0.39, 0.29) is 5.78 Å². The van der Waals surface area contributed by atoms with Crippen molar-refractivity contribution in [3.05, 3.63) is 22.6 Å². The van der Waals surface area contributed by atoms with Crippen LogP contribution in [0.2, 0.25) is 0 Å². The standard InChI is InChI=1S/C14H20O2S/c1-9-10(2)16-11(3)14(9)13(15)8-12-4-6-17-7-5-12/h12H,4-8H2,1-3H3. The van der Waals surface area contributed by atoms with Crippen LogP contribution in [0.3, 0.4) is 0 Å². The highest BCUT2D eigenvalue weighted by molar-refractivity contribution is 7.99. The number of carbonyl (C=O) groups excluding carboxylic acids is 1. The largest absolute Gasteiger partial charge is 0.466 e. The summed E-state index contributed by atoms with van der Waals surface area (Å²) in [5.41, 5.74) is 1.86. The molecule has 2 heterocycles. The van der Waals surface area contributed by atoms with Crippen LogP contribution in [-0.4, -0.2) is 17.3 Å². The normalized spacial score (nSPS) is 17.4. The van der Waals surface area contributed by atoms with Crippen LogP contribution in [0.5, 0.6) is 0 Å². The van der Waals surface area contributed by atoms with E-state index < -0.39 is 0 Å². The summed E-state index contributed by atoms with van der Waals surface area (Å²) in [5.74, 6) is 4.94. The molecule has 2 rings (SSSR count). The van der Waals surface area contributed by atoms with E-state index >= 15 is 0 Å². The lowest BCUT2D eigenvalue weighted by molar-refractivity contribution is 0.0956. The molecule has 17 heavy (non-hydrogen) atoms. The van der Waals surface area contributed by atoms with E-state index in [9.17, 15) is 4.79 Å². The minimum atomic E-state index is 0.272. The lowest BCUT2D eigenvalue weighted by Gasteiger charge is -2.20. The van der Waals surface area contributed by atoms with Gasteiger partial charge < -0.3 is 4.42 Å². The smallest absolute Gasteiger partial charge is 0.166 e. The second-order valence-corrected chi connectivity index (χ2v) is 6.12. The zero-order chi connectivity index (χ0) is 12.4. The first kappa shape index (κ1) is 12.7. The number of rotatable bonds is 3. The summed E-state index contributed by atoms with van der Waals surface area (Å²) in [4.78, 5) is 12.3. The maximum Gasteiger partial charge on any atom is 0.166 e. The molecule has 94 valence electrons. The molecule has 0 N–H and O–H groups in total. The third kappa shape index (κ3) is 2.76. The van der Waals surface area contributed by atoms with Crippen LogP contribution in [0, 0.1) is 26.7 Å². The molecule has 0 saturated carbocycles. The van der Waals surface area contributed by atoms with Crippen molar-refractivity contribution >= 4 is 17.5 Å². The lowest BCUT2D eigenvalue weighted by atomic mass is 9.92. The molecular weight excluding hydrogens is 232 g/mol. The average molecular weight is 252 g/mol. The molecule has 1 saturated heterocycles. The van der Waals surface area contributed by atoms with E-state index in [1.54, 1.807) is 0 Å². The van der Waals surface area contributed by atoms with Crippen LogP contribution in [0.15, 0.2) is 4.42 Å². The molecule has 1 aromatic heterocycles. The van der Waals surface area contributed by atoms with Crippen molar-refractivity contribution in [1.82, 2.24) is 0 Å². The van der Waals surface area contributed by atoms with Gasteiger partial charge in [-0.3, -0.25) is 4.79 Å². The molecule has 3 heteroatoms. The van der Waals surface area contributed by atoms with E-state index in [1.165, 1.54) is 24.3 Å².